The van der Waals surface area contributed by atoms with Crippen LogP contribution in [0.15, 0.2) is 60.2 Å². The minimum absolute atomic E-state index is 0.00740. The molecule has 2 heterocycles. The van der Waals surface area contributed by atoms with Gasteiger partial charge in [-0.05, 0) is 43.2 Å². The van der Waals surface area contributed by atoms with Crippen LogP contribution in [0.3, 0.4) is 0 Å². The van der Waals surface area contributed by atoms with Crippen LogP contribution in [0, 0.1) is 6.92 Å². The highest BCUT2D eigenvalue weighted by Crippen LogP contribution is 2.50. The number of hydrogen-bond acceptors (Lipinski definition) is 4. The summed E-state index contributed by atoms with van der Waals surface area (Å²) in [6.07, 6.45) is -2.81. The van der Waals surface area contributed by atoms with E-state index in [0.717, 1.165) is 17.2 Å². The lowest BCUT2D eigenvalue weighted by Crippen LogP contribution is -2.59. The maximum Gasteiger partial charge on any atom is 0.414 e. The molecule has 2 aliphatic heterocycles. The highest BCUT2D eigenvalue weighted by molar-refractivity contribution is 6.30. The molecule has 0 radical (unpaired) electrons. The van der Waals surface area contributed by atoms with Crippen molar-refractivity contribution in [1.29, 1.82) is 0 Å². The highest BCUT2D eigenvalue weighted by Gasteiger charge is 2.69. The molecule has 37 heavy (non-hydrogen) atoms. The van der Waals surface area contributed by atoms with Crippen molar-refractivity contribution in [1.82, 2.24) is 15.5 Å². The van der Waals surface area contributed by atoms with E-state index >= 15 is 0 Å². The Balaban J connectivity index is 1.56. The molecule has 2 N–H and O–H groups in total. The summed E-state index contributed by atoms with van der Waals surface area (Å²) in [6.45, 7) is 3.73. The maximum atomic E-state index is 13.6. The van der Waals surface area contributed by atoms with Crippen LogP contribution in [0.25, 0.3) is 0 Å². The van der Waals surface area contributed by atoms with Crippen LogP contribution in [0.2, 0.25) is 5.02 Å². The van der Waals surface area contributed by atoms with Crippen LogP contribution in [-0.4, -0.2) is 53.7 Å². The molecule has 198 valence electrons. The van der Waals surface area contributed by atoms with E-state index in [4.69, 9.17) is 16.3 Å². The number of carbonyl (C=O) groups excluding carboxylic acids is 2. The van der Waals surface area contributed by atoms with Gasteiger partial charge in [0.05, 0.1) is 12.1 Å². The summed E-state index contributed by atoms with van der Waals surface area (Å²) in [4.78, 5) is 28.2. The van der Waals surface area contributed by atoms with E-state index in [1.165, 1.54) is 4.90 Å². The molecule has 1 fully saturated rings. The fourth-order valence-corrected chi connectivity index (χ4v) is 4.87. The average Bonchev–Trinajstić information content (AvgIpc) is 3.45. The average molecular weight is 536 g/mol. The molecule has 2 amide bonds. The smallest absolute Gasteiger partial charge is 0.414 e. The van der Waals surface area contributed by atoms with Crippen LogP contribution in [-0.2, 0) is 16.1 Å². The number of nitrogens with zero attached hydrogens (tertiary/aromatic N) is 1. The Morgan fingerprint density at radius 1 is 1.08 bits per heavy atom. The zero-order valence-corrected chi connectivity index (χ0v) is 21.4. The molecule has 10 heteroatoms. The van der Waals surface area contributed by atoms with Crippen LogP contribution >= 0.6 is 11.6 Å². The molecular formula is C27H29ClF3N3O3. The number of alkyl halides is 3. The van der Waals surface area contributed by atoms with Gasteiger partial charge >= 0.3 is 6.18 Å². The van der Waals surface area contributed by atoms with Gasteiger partial charge in [0.25, 0.3) is 5.91 Å². The van der Waals surface area contributed by atoms with E-state index in [9.17, 15) is 22.8 Å². The Morgan fingerprint density at radius 2 is 1.76 bits per heavy atom. The second-order valence-corrected chi connectivity index (χ2v) is 9.94. The Morgan fingerprint density at radius 3 is 2.35 bits per heavy atom. The Labute approximate surface area is 218 Å². The maximum absolute atomic E-state index is 13.6. The molecule has 2 aromatic carbocycles. The number of ether oxygens (including phenoxy) is 1. The van der Waals surface area contributed by atoms with Gasteiger partial charge in [0.2, 0.25) is 11.5 Å². The molecule has 3 atom stereocenters. The Bertz CT molecular complexity index is 1180. The molecule has 6 nitrogen and oxygen atoms in total. The lowest BCUT2D eigenvalue weighted by molar-refractivity contribution is -0.139. The van der Waals surface area contributed by atoms with Crippen molar-refractivity contribution in [3.8, 4) is 5.75 Å². The number of aryl methyl sites for hydroxylation is 1. The molecule has 0 bridgehead atoms. The first kappa shape index (κ1) is 27.0. The molecule has 2 aliphatic rings. The fraction of sp³-hybridized carbons (Fsp3) is 0.407. The minimum Gasteiger partial charge on any atom is -0.476 e. The van der Waals surface area contributed by atoms with Crippen molar-refractivity contribution in [3.05, 3.63) is 76.3 Å². The zero-order chi connectivity index (χ0) is 26.8. The summed E-state index contributed by atoms with van der Waals surface area (Å²) in [5, 5.41) is 6.05. The third-order valence-electron chi connectivity index (χ3n) is 6.80. The van der Waals surface area contributed by atoms with Gasteiger partial charge in [0.15, 0.2) is 0 Å². The number of benzene rings is 2. The Kier molecular flexibility index (Phi) is 7.57. The molecule has 0 aromatic heterocycles. The molecular weight excluding hydrogens is 507 g/mol. The van der Waals surface area contributed by atoms with Gasteiger partial charge in [-0.2, -0.15) is 13.2 Å². The first-order valence-electron chi connectivity index (χ1n) is 12.1. The van der Waals surface area contributed by atoms with E-state index in [0.29, 0.717) is 17.2 Å². The summed E-state index contributed by atoms with van der Waals surface area (Å²) in [6, 6.07) is 14.1. The van der Waals surface area contributed by atoms with Crippen LogP contribution in [0.5, 0.6) is 5.75 Å². The van der Waals surface area contributed by atoms with Crippen LogP contribution in [0.1, 0.15) is 30.9 Å². The van der Waals surface area contributed by atoms with Crippen molar-refractivity contribution in [3.63, 3.8) is 0 Å². The van der Waals surface area contributed by atoms with Gasteiger partial charge in [-0.25, -0.2) is 0 Å². The summed E-state index contributed by atoms with van der Waals surface area (Å²) >= 11 is 5.94. The largest absolute Gasteiger partial charge is 0.476 e. The van der Waals surface area contributed by atoms with E-state index in [-0.39, 0.29) is 32.6 Å². The summed E-state index contributed by atoms with van der Waals surface area (Å²) < 4.78 is 47.0. The third kappa shape index (κ3) is 5.62. The normalized spacial score (nSPS) is 21.9. The van der Waals surface area contributed by atoms with Gasteiger partial charge in [0.1, 0.15) is 11.3 Å². The number of carbonyl (C=O) groups is 2. The molecule has 2 aromatic rings. The zero-order valence-electron chi connectivity index (χ0n) is 20.6. The molecule has 1 saturated heterocycles. The minimum atomic E-state index is -4.61. The van der Waals surface area contributed by atoms with Crippen molar-refractivity contribution in [2.24, 2.45) is 0 Å². The lowest BCUT2D eigenvalue weighted by Gasteiger charge is -2.34. The van der Waals surface area contributed by atoms with Gasteiger partial charge in [-0.15, -0.1) is 0 Å². The van der Waals surface area contributed by atoms with Crippen molar-refractivity contribution >= 4 is 23.4 Å². The van der Waals surface area contributed by atoms with E-state index in [2.05, 4.69) is 10.6 Å². The van der Waals surface area contributed by atoms with E-state index in [1.54, 1.807) is 36.4 Å². The van der Waals surface area contributed by atoms with Gasteiger partial charge in [-0.1, -0.05) is 60.9 Å². The number of hydrogen-bond donors (Lipinski definition) is 2. The number of rotatable bonds is 10. The van der Waals surface area contributed by atoms with Gasteiger partial charge in [-0.3, -0.25) is 14.5 Å². The highest BCUT2D eigenvalue weighted by atomic mass is 35.5. The first-order valence-corrected chi connectivity index (χ1v) is 12.5. The molecule has 0 spiro atoms. The second kappa shape index (κ2) is 10.4. The monoisotopic (exact) mass is 535 g/mol. The second-order valence-electron chi connectivity index (χ2n) is 9.51. The summed E-state index contributed by atoms with van der Waals surface area (Å²) in [5.74, 6) is -0.849. The number of nitrogens with one attached hydrogen (secondary N) is 2. The summed E-state index contributed by atoms with van der Waals surface area (Å²) in [5.41, 5.74) is -2.33. The fourth-order valence-electron chi connectivity index (χ4n) is 4.74. The van der Waals surface area contributed by atoms with Gasteiger partial charge < -0.3 is 15.4 Å². The quantitative estimate of drug-likeness (QED) is 0.346. The van der Waals surface area contributed by atoms with Crippen LogP contribution < -0.4 is 15.4 Å². The van der Waals surface area contributed by atoms with Gasteiger partial charge in [0, 0.05) is 24.7 Å². The SMILES string of the molecule is CCCC(CNC(=O)C12CN1CC=C2C(F)(F)F)(Oc1ccc(C)cc1)C(=O)NCc1ccc(Cl)cc1. The number of amides is 2. The standard InChI is InChI=1S/C27H29ClF3N3O3/c1-3-13-25(37-21-10-4-18(2)5-11-21,23(35)32-15-19-6-8-20(28)9-7-19)16-33-24(36)26-17-34(26)14-12-22(26)27(29,30)31/h4-12H,3,13-17H2,1-2H3,(H,32,35)(H,33,36). The Hall–Kier alpha value is -3.04. The number of fused-ring (bicyclic) bond motifs is 1. The molecule has 3 unspecified atom stereocenters. The molecule has 4 rings (SSSR count). The van der Waals surface area contributed by atoms with Crippen molar-refractivity contribution in [2.45, 2.75) is 50.6 Å². The first-order chi connectivity index (χ1) is 17.5. The lowest BCUT2D eigenvalue weighted by atomic mass is 9.94. The molecule has 0 saturated carbocycles. The third-order valence-corrected chi connectivity index (χ3v) is 7.05. The van der Waals surface area contributed by atoms with E-state index < -0.39 is 34.7 Å². The number of halogens is 4. The summed E-state index contributed by atoms with van der Waals surface area (Å²) in [7, 11) is 0. The van der Waals surface area contributed by atoms with Crippen molar-refractivity contribution in [2.75, 3.05) is 19.6 Å². The van der Waals surface area contributed by atoms with E-state index in [1.807, 2.05) is 26.0 Å². The predicted octanol–water partition coefficient (Wildman–Crippen LogP) is 4.56. The predicted molar refractivity (Wildman–Crippen MR) is 134 cm³/mol. The topological polar surface area (TPSA) is 70.4 Å². The van der Waals surface area contributed by atoms with Crippen molar-refractivity contribution < 1.29 is 27.5 Å². The molecule has 0 aliphatic carbocycles. The van der Waals surface area contributed by atoms with Crippen LogP contribution in [0.4, 0.5) is 13.2 Å².